The molecule has 0 aliphatic carbocycles. The molecular weight excluding hydrogens is 352 g/mol. The summed E-state index contributed by atoms with van der Waals surface area (Å²) < 4.78 is 0. The Balaban J connectivity index is 1.50. The molecule has 0 radical (unpaired) electrons. The maximum Gasteiger partial charge on any atom is 0.266 e. The van der Waals surface area contributed by atoms with E-state index in [0.29, 0.717) is 19.6 Å². The van der Waals surface area contributed by atoms with Crippen molar-refractivity contribution in [2.45, 2.75) is 6.54 Å². The van der Waals surface area contributed by atoms with E-state index < -0.39 is 0 Å². The van der Waals surface area contributed by atoms with Gasteiger partial charge in [-0.3, -0.25) is 14.6 Å². The summed E-state index contributed by atoms with van der Waals surface area (Å²) in [6.07, 6.45) is 1.76. The van der Waals surface area contributed by atoms with Gasteiger partial charge < -0.3 is 15.5 Å². The summed E-state index contributed by atoms with van der Waals surface area (Å²) in [5.74, 6) is -0.151. The van der Waals surface area contributed by atoms with Crippen molar-refractivity contribution in [3.63, 3.8) is 0 Å². The number of nitrogens with zero attached hydrogens (tertiary/aromatic N) is 5. The van der Waals surface area contributed by atoms with Crippen LogP contribution in [0.25, 0.3) is 0 Å². The van der Waals surface area contributed by atoms with Crippen molar-refractivity contribution in [3.05, 3.63) is 47.7 Å². The van der Waals surface area contributed by atoms with Crippen LogP contribution in [-0.4, -0.2) is 91.0 Å². The Bertz CT molecular complexity index is 697. The lowest BCUT2D eigenvalue weighted by atomic mass is 10.2. The molecular formula is C21H30N6O. The summed E-state index contributed by atoms with van der Waals surface area (Å²) in [6, 6.07) is 12.6. The van der Waals surface area contributed by atoms with Crippen molar-refractivity contribution in [3.8, 4) is 6.07 Å². The molecule has 0 saturated carbocycles. The Hall–Kier alpha value is -2.40. The van der Waals surface area contributed by atoms with Gasteiger partial charge in [0.25, 0.3) is 5.91 Å². The molecule has 3 rings (SSSR count). The maximum absolute atomic E-state index is 12.7. The second-order valence-electron chi connectivity index (χ2n) is 7.37. The Labute approximate surface area is 167 Å². The third kappa shape index (κ3) is 5.55. The monoisotopic (exact) mass is 382 g/mol. The summed E-state index contributed by atoms with van der Waals surface area (Å²) in [5, 5.41) is 9.51. The predicted molar refractivity (Wildman–Crippen MR) is 109 cm³/mol. The first-order chi connectivity index (χ1) is 13.7. The molecule has 2 N–H and O–H groups in total. The van der Waals surface area contributed by atoms with Crippen LogP contribution in [0.4, 0.5) is 0 Å². The molecule has 28 heavy (non-hydrogen) atoms. The highest BCUT2D eigenvalue weighted by Gasteiger charge is 2.24. The van der Waals surface area contributed by atoms with Gasteiger partial charge in [-0.05, 0) is 5.56 Å². The standard InChI is InChI=1S/C21H30N6O/c22-6-7-24-12-14-27(15-13-24)21(28)20(16-23)18-26-10-8-25(9-11-26)17-19-4-2-1-3-5-19/h1-5,18H,6-15,17,22H2/b20-18-. The molecule has 2 aliphatic rings. The fraction of sp³-hybridized carbons (Fsp3) is 0.524. The normalized spacial score (nSPS) is 19.5. The minimum Gasteiger partial charge on any atom is -0.374 e. The molecule has 7 heteroatoms. The molecule has 150 valence electrons. The molecule has 0 atom stereocenters. The van der Waals surface area contributed by atoms with Crippen LogP contribution in [0, 0.1) is 11.3 Å². The van der Waals surface area contributed by atoms with Crippen molar-refractivity contribution >= 4 is 5.91 Å². The fourth-order valence-electron chi connectivity index (χ4n) is 3.73. The zero-order chi connectivity index (χ0) is 19.8. The van der Waals surface area contributed by atoms with Crippen LogP contribution in [0.2, 0.25) is 0 Å². The first kappa shape index (κ1) is 20.3. The van der Waals surface area contributed by atoms with Crippen LogP contribution in [0.15, 0.2) is 42.1 Å². The third-order valence-corrected chi connectivity index (χ3v) is 5.42. The third-order valence-electron chi connectivity index (χ3n) is 5.42. The van der Waals surface area contributed by atoms with Crippen LogP contribution in [-0.2, 0) is 11.3 Å². The van der Waals surface area contributed by atoms with E-state index in [9.17, 15) is 10.1 Å². The minimum absolute atomic E-state index is 0.151. The quantitative estimate of drug-likeness (QED) is 0.564. The van der Waals surface area contributed by atoms with Gasteiger partial charge in [-0.25, -0.2) is 0 Å². The lowest BCUT2D eigenvalue weighted by molar-refractivity contribution is -0.128. The number of rotatable bonds is 6. The van der Waals surface area contributed by atoms with Crippen LogP contribution in [0.3, 0.4) is 0 Å². The van der Waals surface area contributed by atoms with Gasteiger partial charge in [0.1, 0.15) is 11.6 Å². The Morgan fingerprint density at radius 1 is 1.00 bits per heavy atom. The number of piperazine rings is 2. The second-order valence-corrected chi connectivity index (χ2v) is 7.37. The van der Waals surface area contributed by atoms with E-state index >= 15 is 0 Å². The average molecular weight is 383 g/mol. The van der Waals surface area contributed by atoms with Crippen LogP contribution >= 0.6 is 0 Å². The highest BCUT2D eigenvalue weighted by Crippen LogP contribution is 2.12. The number of carbonyl (C=O) groups excluding carboxylic acids is 1. The van der Waals surface area contributed by atoms with E-state index in [0.717, 1.165) is 52.4 Å². The largest absolute Gasteiger partial charge is 0.374 e. The van der Waals surface area contributed by atoms with Crippen molar-refractivity contribution in [1.29, 1.82) is 5.26 Å². The van der Waals surface area contributed by atoms with Gasteiger partial charge in [-0.15, -0.1) is 0 Å². The predicted octanol–water partition coefficient (Wildman–Crippen LogP) is 0.315. The molecule has 7 nitrogen and oxygen atoms in total. The second kappa shape index (κ2) is 10.2. The van der Waals surface area contributed by atoms with E-state index in [1.807, 2.05) is 6.07 Å². The summed E-state index contributed by atoms with van der Waals surface area (Å²) in [5.41, 5.74) is 7.15. The summed E-state index contributed by atoms with van der Waals surface area (Å²) in [6.45, 7) is 8.89. The number of nitriles is 1. The van der Waals surface area contributed by atoms with E-state index in [1.165, 1.54) is 5.56 Å². The number of hydrogen-bond donors (Lipinski definition) is 1. The van der Waals surface area contributed by atoms with Gasteiger partial charge in [0.15, 0.2) is 0 Å². The maximum atomic E-state index is 12.7. The van der Waals surface area contributed by atoms with Crippen LogP contribution < -0.4 is 5.73 Å². The van der Waals surface area contributed by atoms with Crippen molar-refractivity contribution in [1.82, 2.24) is 19.6 Å². The number of nitrogens with two attached hydrogens (primary N) is 1. The van der Waals surface area contributed by atoms with Crippen molar-refractivity contribution in [2.24, 2.45) is 5.73 Å². The van der Waals surface area contributed by atoms with E-state index in [4.69, 9.17) is 5.73 Å². The van der Waals surface area contributed by atoms with Gasteiger partial charge in [0.2, 0.25) is 0 Å². The molecule has 2 fully saturated rings. The number of carbonyl (C=O) groups is 1. The fourth-order valence-corrected chi connectivity index (χ4v) is 3.73. The molecule has 0 spiro atoms. The number of hydrogen-bond acceptors (Lipinski definition) is 6. The summed E-state index contributed by atoms with van der Waals surface area (Å²) in [4.78, 5) is 21.3. The smallest absolute Gasteiger partial charge is 0.266 e. The minimum atomic E-state index is -0.151. The van der Waals surface area contributed by atoms with Gasteiger partial charge in [-0.1, -0.05) is 30.3 Å². The molecule has 1 amide bonds. The lowest BCUT2D eigenvalue weighted by Gasteiger charge is -2.35. The zero-order valence-electron chi connectivity index (χ0n) is 16.5. The van der Waals surface area contributed by atoms with Gasteiger partial charge in [-0.2, -0.15) is 5.26 Å². The molecule has 1 aromatic rings. The van der Waals surface area contributed by atoms with Gasteiger partial charge >= 0.3 is 0 Å². The first-order valence-electron chi connectivity index (χ1n) is 10.0. The molecule has 2 saturated heterocycles. The lowest BCUT2D eigenvalue weighted by Crippen LogP contribution is -2.50. The molecule has 1 aromatic carbocycles. The molecule has 0 aromatic heterocycles. The van der Waals surface area contributed by atoms with Gasteiger partial charge in [0.05, 0.1) is 0 Å². The van der Waals surface area contributed by atoms with E-state index in [1.54, 1.807) is 11.1 Å². The highest BCUT2D eigenvalue weighted by molar-refractivity contribution is 5.97. The van der Waals surface area contributed by atoms with Gasteiger partial charge in [0, 0.05) is 78.2 Å². The topological polar surface area (TPSA) is 79.8 Å². The van der Waals surface area contributed by atoms with Crippen molar-refractivity contribution < 1.29 is 4.79 Å². The summed E-state index contributed by atoms with van der Waals surface area (Å²) in [7, 11) is 0. The Morgan fingerprint density at radius 3 is 2.25 bits per heavy atom. The number of amides is 1. The van der Waals surface area contributed by atoms with Crippen LogP contribution in [0.5, 0.6) is 0 Å². The highest BCUT2D eigenvalue weighted by atomic mass is 16.2. The summed E-state index contributed by atoms with van der Waals surface area (Å²) >= 11 is 0. The van der Waals surface area contributed by atoms with E-state index in [-0.39, 0.29) is 11.5 Å². The molecule has 2 aliphatic heterocycles. The Kier molecular flexibility index (Phi) is 7.43. The molecule has 0 unspecified atom stereocenters. The van der Waals surface area contributed by atoms with E-state index in [2.05, 4.69) is 45.0 Å². The van der Waals surface area contributed by atoms with Crippen LogP contribution in [0.1, 0.15) is 5.56 Å². The Morgan fingerprint density at radius 2 is 1.64 bits per heavy atom. The molecule has 0 bridgehead atoms. The molecule has 2 heterocycles. The number of benzene rings is 1. The SMILES string of the molecule is N#C/C(=C/N1CCN(Cc2ccccc2)CC1)C(=O)N1CCN(CCN)CC1. The first-order valence-corrected chi connectivity index (χ1v) is 10.0. The van der Waals surface area contributed by atoms with Crippen molar-refractivity contribution in [2.75, 3.05) is 65.4 Å². The average Bonchev–Trinajstić information content (AvgIpc) is 2.74. The zero-order valence-corrected chi connectivity index (χ0v) is 16.5.